The molecule has 2 aliphatic rings. The van der Waals surface area contributed by atoms with Gasteiger partial charge < -0.3 is 14.7 Å². The molecule has 9 nitrogen and oxygen atoms in total. The van der Waals surface area contributed by atoms with E-state index in [0.29, 0.717) is 31.8 Å². The van der Waals surface area contributed by atoms with Crippen molar-refractivity contribution in [2.45, 2.75) is 63.5 Å². The van der Waals surface area contributed by atoms with E-state index in [1.54, 1.807) is 0 Å². The van der Waals surface area contributed by atoms with Crippen LogP contribution < -0.4 is 0 Å². The molecule has 2 N–H and O–H groups in total. The highest BCUT2D eigenvalue weighted by atomic mass is 16.7. The third-order valence-corrected chi connectivity index (χ3v) is 8.43. The van der Waals surface area contributed by atoms with Gasteiger partial charge >= 0.3 is 6.16 Å². The molecule has 2 saturated carbocycles. The summed E-state index contributed by atoms with van der Waals surface area (Å²) in [6.45, 7) is 0.734. The lowest BCUT2D eigenvalue weighted by molar-refractivity contribution is -0.140. The Bertz CT molecular complexity index is 1510. The van der Waals surface area contributed by atoms with Gasteiger partial charge in [-0.3, -0.25) is 4.79 Å². The predicted octanol–water partition coefficient (Wildman–Crippen LogP) is 6.21. The normalized spacial score (nSPS) is 16.8. The van der Waals surface area contributed by atoms with E-state index in [2.05, 4.69) is 63.1 Å². The molecule has 0 unspecified atom stereocenters. The Morgan fingerprint density at radius 3 is 2.40 bits per heavy atom. The molecule has 4 aromatic rings. The van der Waals surface area contributed by atoms with E-state index in [4.69, 9.17) is 4.74 Å². The molecule has 3 aromatic carbocycles. The molecule has 0 aliphatic heterocycles. The minimum atomic E-state index is -1.27. The molecule has 206 valence electrons. The van der Waals surface area contributed by atoms with Gasteiger partial charge in [-0.2, -0.15) is 0 Å². The number of benzene rings is 3. The van der Waals surface area contributed by atoms with Crippen molar-refractivity contribution in [3.05, 3.63) is 66.2 Å². The molecule has 0 radical (unpaired) electrons. The molecule has 6 rings (SSSR count). The van der Waals surface area contributed by atoms with Crippen molar-refractivity contribution in [3.63, 3.8) is 0 Å². The van der Waals surface area contributed by atoms with Crippen molar-refractivity contribution < 1.29 is 19.4 Å². The zero-order valence-corrected chi connectivity index (χ0v) is 22.4. The van der Waals surface area contributed by atoms with Crippen LogP contribution in [0, 0.1) is 5.92 Å². The van der Waals surface area contributed by atoms with Gasteiger partial charge in [-0.05, 0) is 88.5 Å². The number of aromatic nitrogens is 4. The summed E-state index contributed by atoms with van der Waals surface area (Å²) in [6.07, 6.45) is 5.78. The van der Waals surface area contributed by atoms with E-state index in [1.807, 2.05) is 23.1 Å². The largest absolute Gasteiger partial charge is 0.506 e. The molecule has 0 bridgehead atoms. The monoisotopic (exact) mass is 539 g/mol. The highest BCUT2D eigenvalue weighted by Gasteiger charge is 2.41. The van der Waals surface area contributed by atoms with Crippen LogP contribution >= 0.6 is 0 Å². The van der Waals surface area contributed by atoms with Crippen molar-refractivity contribution in [1.82, 2.24) is 25.5 Å². The molecule has 1 amide bonds. The lowest BCUT2D eigenvalue weighted by Gasteiger charge is -2.35. The van der Waals surface area contributed by atoms with Crippen LogP contribution in [0.25, 0.3) is 33.3 Å². The van der Waals surface area contributed by atoms with Crippen LogP contribution in [0.1, 0.15) is 56.9 Å². The van der Waals surface area contributed by atoms with Crippen molar-refractivity contribution in [2.75, 3.05) is 6.54 Å². The number of nitrogens with zero attached hydrogens (tertiary/aromatic N) is 4. The summed E-state index contributed by atoms with van der Waals surface area (Å²) >= 11 is 0. The van der Waals surface area contributed by atoms with Crippen molar-refractivity contribution in [1.29, 1.82) is 0 Å². The van der Waals surface area contributed by atoms with Crippen LogP contribution in [0.3, 0.4) is 0 Å². The second-order valence-corrected chi connectivity index (χ2v) is 11.1. The van der Waals surface area contributed by atoms with Crippen LogP contribution in [0.2, 0.25) is 0 Å². The molecule has 0 spiro atoms. The zero-order chi connectivity index (χ0) is 27.5. The number of fused-ring (bicyclic) bond motifs is 1. The number of carbonyl (C=O) groups excluding carboxylic acids is 1. The van der Waals surface area contributed by atoms with Gasteiger partial charge in [0.15, 0.2) is 5.82 Å². The molecule has 2 fully saturated rings. The maximum Gasteiger partial charge on any atom is 0.506 e. The van der Waals surface area contributed by atoms with E-state index < -0.39 is 11.8 Å². The molecule has 0 atom stereocenters. The van der Waals surface area contributed by atoms with Crippen molar-refractivity contribution in [3.8, 4) is 22.5 Å². The van der Waals surface area contributed by atoms with E-state index in [0.717, 1.165) is 71.6 Å². The Kier molecular flexibility index (Phi) is 7.19. The second-order valence-electron chi connectivity index (χ2n) is 11.1. The number of amides is 1. The molecular formula is C31H33N5O4. The summed E-state index contributed by atoms with van der Waals surface area (Å²) in [7, 11) is 0. The quantitative estimate of drug-likeness (QED) is 0.255. The molecule has 0 saturated heterocycles. The number of aromatic amines is 1. The topological polar surface area (TPSA) is 121 Å². The number of ether oxygens (including phenoxy) is 1. The first-order valence-corrected chi connectivity index (χ1v) is 14.1. The number of hydrogen-bond donors (Lipinski definition) is 2. The predicted molar refractivity (Wildman–Crippen MR) is 150 cm³/mol. The highest BCUT2D eigenvalue weighted by Crippen LogP contribution is 2.37. The zero-order valence-electron chi connectivity index (χ0n) is 22.4. The third kappa shape index (κ3) is 5.41. The van der Waals surface area contributed by atoms with Gasteiger partial charge in [0.25, 0.3) is 0 Å². The van der Waals surface area contributed by atoms with Gasteiger partial charge in [0, 0.05) is 18.0 Å². The Hall–Kier alpha value is -4.27. The molecule has 40 heavy (non-hydrogen) atoms. The summed E-state index contributed by atoms with van der Waals surface area (Å²) < 4.78 is 5.45. The molecular weight excluding hydrogens is 506 g/mol. The number of hydrogen-bond acceptors (Lipinski definition) is 6. The Balaban J connectivity index is 1.28. The average Bonchev–Trinajstić information content (AvgIpc) is 3.76. The van der Waals surface area contributed by atoms with E-state index >= 15 is 0 Å². The Morgan fingerprint density at radius 1 is 0.950 bits per heavy atom. The van der Waals surface area contributed by atoms with Gasteiger partial charge in [0.05, 0.1) is 6.54 Å². The van der Waals surface area contributed by atoms with Gasteiger partial charge in [-0.1, -0.05) is 61.4 Å². The van der Waals surface area contributed by atoms with Crippen molar-refractivity contribution in [2.24, 2.45) is 5.92 Å². The van der Waals surface area contributed by atoms with Gasteiger partial charge in [0.1, 0.15) is 5.60 Å². The SMILES string of the molecule is O=C(O)OC1(CN(Cc2ccc3cc(-c4ccccc4-c4nnn[nH]4)ccc3c2)C(=O)C2CCCC2)CCCC1. The minimum Gasteiger partial charge on any atom is -0.450 e. The summed E-state index contributed by atoms with van der Waals surface area (Å²) in [5.41, 5.74) is 3.20. The number of tetrazole rings is 1. The fraction of sp³-hybridized carbons (Fsp3) is 0.387. The van der Waals surface area contributed by atoms with Crippen LogP contribution in [0.15, 0.2) is 60.7 Å². The first-order chi connectivity index (χ1) is 19.5. The van der Waals surface area contributed by atoms with Crippen molar-refractivity contribution >= 4 is 22.8 Å². The maximum atomic E-state index is 13.7. The van der Waals surface area contributed by atoms with E-state index in [-0.39, 0.29) is 11.8 Å². The van der Waals surface area contributed by atoms with E-state index in [1.165, 1.54) is 0 Å². The summed E-state index contributed by atoms with van der Waals surface area (Å²) in [5, 5.41) is 26.0. The number of rotatable bonds is 8. The summed E-state index contributed by atoms with van der Waals surface area (Å²) in [5.74, 6) is 0.739. The Labute approximate surface area is 232 Å². The van der Waals surface area contributed by atoms with Gasteiger partial charge in [0.2, 0.25) is 5.91 Å². The fourth-order valence-corrected chi connectivity index (χ4v) is 6.48. The Morgan fingerprint density at radius 2 is 1.68 bits per heavy atom. The first-order valence-electron chi connectivity index (χ1n) is 14.1. The smallest absolute Gasteiger partial charge is 0.450 e. The molecule has 9 heteroatoms. The number of carboxylic acid groups (broad SMARTS) is 1. The summed E-state index contributed by atoms with van der Waals surface area (Å²) in [6, 6.07) is 20.6. The van der Waals surface area contributed by atoms with Crippen LogP contribution in [-0.4, -0.2) is 54.8 Å². The second kappa shape index (κ2) is 11.1. The van der Waals surface area contributed by atoms with Crippen LogP contribution in [0.4, 0.5) is 4.79 Å². The van der Waals surface area contributed by atoms with E-state index in [9.17, 15) is 14.7 Å². The minimum absolute atomic E-state index is 0.00549. The fourth-order valence-electron chi connectivity index (χ4n) is 6.48. The lowest BCUT2D eigenvalue weighted by atomic mass is 9.95. The standard InChI is InChI=1S/C31H33N5O4/c37-29(22-7-1-2-8-22)36(20-31(40-30(38)39)15-5-6-16-31)19-21-11-12-24-18-25(14-13-23(24)17-21)26-9-3-4-10-27(26)28-32-34-35-33-28/h3-4,9-14,17-18,22H,1-2,5-8,15-16,19-20H2,(H,38,39)(H,32,33,34,35). The number of nitrogens with one attached hydrogen (secondary N) is 1. The first kappa shape index (κ1) is 26.0. The van der Waals surface area contributed by atoms with Gasteiger partial charge in [-0.15, -0.1) is 5.10 Å². The number of H-pyrrole nitrogens is 1. The third-order valence-electron chi connectivity index (χ3n) is 8.43. The van der Waals surface area contributed by atoms with Crippen LogP contribution in [-0.2, 0) is 16.1 Å². The average molecular weight is 540 g/mol. The lowest BCUT2D eigenvalue weighted by Crippen LogP contribution is -2.47. The molecule has 2 aliphatic carbocycles. The maximum absolute atomic E-state index is 13.7. The summed E-state index contributed by atoms with van der Waals surface area (Å²) in [4.78, 5) is 27.1. The van der Waals surface area contributed by atoms with Crippen LogP contribution in [0.5, 0.6) is 0 Å². The molecule has 1 heterocycles. The molecule has 1 aromatic heterocycles. The highest BCUT2D eigenvalue weighted by molar-refractivity contribution is 5.91. The van der Waals surface area contributed by atoms with Gasteiger partial charge in [-0.25, -0.2) is 9.89 Å². The number of carbonyl (C=O) groups is 2.